The van der Waals surface area contributed by atoms with E-state index in [4.69, 9.17) is 9.47 Å². The molecule has 2 aliphatic carbocycles. The van der Waals surface area contributed by atoms with E-state index in [1.807, 2.05) is 0 Å². The molecule has 0 radical (unpaired) electrons. The lowest BCUT2D eigenvalue weighted by Crippen LogP contribution is -2.44. The van der Waals surface area contributed by atoms with Crippen molar-refractivity contribution in [3.63, 3.8) is 0 Å². The lowest BCUT2D eigenvalue weighted by atomic mass is 9.74. The van der Waals surface area contributed by atoms with Crippen LogP contribution >= 0.6 is 0 Å². The highest BCUT2D eigenvalue weighted by Gasteiger charge is 2.48. The zero-order valence-corrected chi connectivity index (χ0v) is 16.9. The van der Waals surface area contributed by atoms with E-state index in [-0.39, 0.29) is 0 Å². The molecule has 2 aromatic rings. The standard InChI is InChI=1S/C23H20F6O3/c24-22(25,26)17-7-3-15(4-8-17)20(11-1-12-20)31-19(30)32-21(13-2-14-21)16-5-9-18(10-6-16)23(27,28)29/h3-10H,1-2,11-14H2. The zero-order chi connectivity index (χ0) is 23.2. The van der Waals surface area contributed by atoms with E-state index in [1.54, 1.807) is 0 Å². The van der Waals surface area contributed by atoms with Crippen LogP contribution in [0.25, 0.3) is 0 Å². The lowest BCUT2D eigenvalue weighted by molar-refractivity contribution is -0.139. The summed E-state index contributed by atoms with van der Waals surface area (Å²) in [4.78, 5) is 12.7. The fourth-order valence-corrected chi connectivity index (χ4v) is 4.16. The first-order valence-corrected chi connectivity index (χ1v) is 10.2. The summed E-state index contributed by atoms with van der Waals surface area (Å²) in [7, 11) is 0. The van der Waals surface area contributed by atoms with E-state index in [2.05, 4.69) is 0 Å². The number of alkyl halides is 6. The first kappa shape index (κ1) is 22.5. The van der Waals surface area contributed by atoms with Crippen molar-refractivity contribution in [1.82, 2.24) is 0 Å². The van der Waals surface area contributed by atoms with Crippen molar-refractivity contribution < 1.29 is 40.6 Å². The van der Waals surface area contributed by atoms with Crippen molar-refractivity contribution in [2.75, 3.05) is 0 Å². The number of halogens is 6. The summed E-state index contributed by atoms with van der Waals surface area (Å²) in [5.74, 6) is 0. The Morgan fingerprint density at radius 1 is 0.625 bits per heavy atom. The van der Waals surface area contributed by atoms with Crippen LogP contribution in [-0.4, -0.2) is 6.16 Å². The van der Waals surface area contributed by atoms with Gasteiger partial charge in [-0.15, -0.1) is 0 Å². The molecule has 0 N–H and O–H groups in total. The summed E-state index contributed by atoms with van der Waals surface area (Å²) < 4.78 is 88.2. The average molecular weight is 458 g/mol. The van der Waals surface area contributed by atoms with Crippen molar-refractivity contribution in [3.05, 3.63) is 70.8 Å². The molecule has 4 rings (SSSR count). The van der Waals surface area contributed by atoms with Crippen molar-refractivity contribution in [2.45, 2.75) is 62.1 Å². The minimum atomic E-state index is -4.47. The van der Waals surface area contributed by atoms with Crippen molar-refractivity contribution >= 4 is 6.16 Å². The Kier molecular flexibility index (Phi) is 5.41. The van der Waals surface area contributed by atoms with E-state index >= 15 is 0 Å². The van der Waals surface area contributed by atoms with Crippen LogP contribution in [0.15, 0.2) is 48.5 Å². The fourth-order valence-electron chi connectivity index (χ4n) is 4.16. The van der Waals surface area contributed by atoms with Gasteiger partial charge in [0.15, 0.2) is 0 Å². The van der Waals surface area contributed by atoms with Crippen LogP contribution in [0.5, 0.6) is 0 Å². The van der Waals surface area contributed by atoms with Gasteiger partial charge in [-0.3, -0.25) is 0 Å². The largest absolute Gasteiger partial charge is 0.510 e. The predicted molar refractivity (Wildman–Crippen MR) is 102 cm³/mol. The van der Waals surface area contributed by atoms with E-state index in [0.717, 1.165) is 37.1 Å². The van der Waals surface area contributed by atoms with Crippen molar-refractivity contribution in [1.29, 1.82) is 0 Å². The van der Waals surface area contributed by atoms with Gasteiger partial charge >= 0.3 is 18.5 Å². The molecule has 0 aliphatic heterocycles. The highest BCUT2D eigenvalue weighted by molar-refractivity contribution is 5.62. The minimum absolute atomic E-state index is 0.445. The van der Waals surface area contributed by atoms with Crippen LogP contribution in [0.4, 0.5) is 31.1 Å². The Labute approximate surface area is 180 Å². The van der Waals surface area contributed by atoms with Gasteiger partial charge in [0.05, 0.1) is 11.1 Å². The molecule has 2 aromatic carbocycles. The molecule has 2 aliphatic rings. The minimum Gasteiger partial charge on any atom is -0.423 e. The molecule has 0 bridgehead atoms. The molecule has 0 heterocycles. The Morgan fingerprint density at radius 2 is 0.938 bits per heavy atom. The van der Waals surface area contributed by atoms with Gasteiger partial charge < -0.3 is 9.47 Å². The summed E-state index contributed by atoms with van der Waals surface area (Å²) in [6.45, 7) is 0. The second-order valence-electron chi connectivity index (χ2n) is 8.30. The third-order valence-electron chi connectivity index (χ3n) is 6.36. The van der Waals surface area contributed by atoms with Gasteiger partial charge in [-0.05, 0) is 73.9 Å². The Bertz CT molecular complexity index is 889. The molecule has 0 aromatic heterocycles. The average Bonchev–Trinajstić information content (AvgIpc) is 2.66. The van der Waals surface area contributed by atoms with Crippen LogP contribution in [0.2, 0.25) is 0 Å². The van der Waals surface area contributed by atoms with Crippen molar-refractivity contribution in [3.8, 4) is 0 Å². The van der Waals surface area contributed by atoms with E-state index in [0.29, 0.717) is 36.8 Å². The maximum absolute atomic E-state index is 12.8. The molecule has 9 heteroatoms. The molecule has 32 heavy (non-hydrogen) atoms. The molecular weight excluding hydrogens is 438 g/mol. The first-order chi connectivity index (χ1) is 14.9. The van der Waals surface area contributed by atoms with Crippen LogP contribution in [0, 0.1) is 0 Å². The summed E-state index contributed by atoms with van der Waals surface area (Å²) in [5.41, 5.74) is -2.82. The summed E-state index contributed by atoms with van der Waals surface area (Å²) in [6, 6.07) is 8.96. The maximum Gasteiger partial charge on any atom is 0.510 e. The Hall–Kier alpha value is -2.71. The fraction of sp³-hybridized carbons (Fsp3) is 0.435. The molecule has 0 amide bonds. The van der Waals surface area contributed by atoms with Gasteiger partial charge in [-0.2, -0.15) is 26.3 Å². The number of benzene rings is 2. The van der Waals surface area contributed by atoms with E-state index < -0.39 is 40.8 Å². The molecule has 0 unspecified atom stereocenters. The molecule has 2 fully saturated rings. The number of hydrogen-bond acceptors (Lipinski definition) is 3. The van der Waals surface area contributed by atoms with E-state index in [9.17, 15) is 31.1 Å². The third-order valence-corrected chi connectivity index (χ3v) is 6.36. The smallest absolute Gasteiger partial charge is 0.423 e. The molecule has 0 saturated heterocycles. The highest BCUT2D eigenvalue weighted by Crippen LogP contribution is 2.49. The number of carbonyl (C=O) groups excluding carboxylic acids is 1. The Balaban J connectivity index is 1.49. The van der Waals surface area contributed by atoms with Gasteiger partial charge in [0.1, 0.15) is 11.2 Å². The van der Waals surface area contributed by atoms with Crippen LogP contribution < -0.4 is 0 Å². The predicted octanol–water partition coefficient (Wildman–Crippen LogP) is 7.34. The monoisotopic (exact) mass is 458 g/mol. The van der Waals surface area contributed by atoms with Gasteiger partial charge in [-0.1, -0.05) is 24.3 Å². The third kappa shape index (κ3) is 4.17. The van der Waals surface area contributed by atoms with Gasteiger partial charge in [0, 0.05) is 0 Å². The molecule has 0 spiro atoms. The van der Waals surface area contributed by atoms with Gasteiger partial charge in [0.25, 0.3) is 0 Å². The molecular formula is C23H20F6O3. The molecule has 2 saturated carbocycles. The van der Waals surface area contributed by atoms with Gasteiger partial charge in [-0.25, -0.2) is 4.79 Å². The lowest BCUT2D eigenvalue weighted by Gasteiger charge is -2.44. The Morgan fingerprint density at radius 3 is 1.16 bits per heavy atom. The van der Waals surface area contributed by atoms with Crippen LogP contribution in [0.1, 0.15) is 60.8 Å². The molecule has 3 nitrogen and oxygen atoms in total. The normalized spacial score (nSPS) is 19.4. The van der Waals surface area contributed by atoms with Crippen molar-refractivity contribution in [2.24, 2.45) is 0 Å². The highest BCUT2D eigenvalue weighted by atomic mass is 19.4. The number of hydrogen-bond donors (Lipinski definition) is 0. The van der Waals surface area contributed by atoms with Crippen LogP contribution in [0.3, 0.4) is 0 Å². The summed E-state index contributed by atoms with van der Waals surface area (Å²) >= 11 is 0. The quantitative estimate of drug-likeness (QED) is 0.355. The number of carbonyl (C=O) groups is 1. The van der Waals surface area contributed by atoms with Gasteiger partial charge in [0.2, 0.25) is 0 Å². The number of rotatable bonds is 4. The summed E-state index contributed by atoms with van der Waals surface area (Å²) in [5, 5.41) is 0. The summed E-state index contributed by atoms with van der Waals surface area (Å²) in [6.07, 6.45) is -6.67. The number of ether oxygens (including phenoxy) is 2. The van der Waals surface area contributed by atoms with E-state index in [1.165, 1.54) is 24.3 Å². The zero-order valence-electron chi connectivity index (χ0n) is 16.9. The first-order valence-electron chi connectivity index (χ1n) is 10.2. The topological polar surface area (TPSA) is 35.5 Å². The maximum atomic E-state index is 12.8. The van der Waals surface area contributed by atoms with Crippen LogP contribution in [-0.2, 0) is 33.0 Å². The second-order valence-corrected chi connectivity index (χ2v) is 8.30. The SMILES string of the molecule is O=C(OC1(c2ccc(C(F)(F)F)cc2)CCC1)OC1(c2ccc(C(F)(F)F)cc2)CCC1. The molecule has 172 valence electrons. The molecule has 0 atom stereocenters. The second kappa shape index (κ2) is 7.71.